The zero-order valence-electron chi connectivity index (χ0n) is 25.3. The minimum Gasteiger partial charge on any atom is -0.311 e. The minimum absolute atomic E-state index is 0.0805. The molecule has 8 nitrogen and oxygen atoms in total. The second-order valence-corrected chi connectivity index (χ2v) is 11.7. The summed E-state index contributed by atoms with van der Waals surface area (Å²) in [6.45, 7) is 4.47. The molecule has 3 heterocycles. The predicted octanol–water partition coefficient (Wildman–Crippen LogP) is 6.64. The highest BCUT2D eigenvalue weighted by molar-refractivity contribution is 6.35. The monoisotopic (exact) mass is 595 g/mol. The lowest BCUT2D eigenvalue weighted by atomic mass is 9.99. The molecular weight excluding hydrogens is 562 g/mol. The summed E-state index contributed by atoms with van der Waals surface area (Å²) in [5.74, 6) is -1.25. The molecule has 0 spiro atoms. The molecule has 1 N–H and O–H groups in total. The van der Waals surface area contributed by atoms with Gasteiger partial charge < -0.3 is 4.90 Å². The number of fused-ring (bicyclic) bond motifs is 3. The summed E-state index contributed by atoms with van der Waals surface area (Å²) in [6, 6.07) is 28.3. The van der Waals surface area contributed by atoms with Crippen LogP contribution in [0.15, 0.2) is 96.6 Å². The molecule has 4 aromatic carbocycles. The van der Waals surface area contributed by atoms with Crippen molar-refractivity contribution in [2.75, 3.05) is 27.8 Å². The lowest BCUT2D eigenvalue weighted by Crippen LogP contribution is -2.44. The Kier molecular flexibility index (Phi) is 7.25. The van der Waals surface area contributed by atoms with Gasteiger partial charge in [0.25, 0.3) is 11.8 Å². The highest BCUT2D eigenvalue weighted by Crippen LogP contribution is 2.40. The first-order valence-electron chi connectivity index (χ1n) is 15.3. The third-order valence-electron chi connectivity index (χ3n) is 8.66. The number of hydrogen-bond acceptors (Lipinski definition) is 4. The lowest BCUT2D eigenvalue weighted by molar-refractivity contribution is -0.123. The van der Waals surface area contributed by atoms with Crippen molar-refractivity contribution < 1.29 is 14.4 Å². The fourth-order valence-corrected chi connectivity index (χ4v) is 6.52. The average Bonchev–Trinajstić information content (AvgIpc) is 3.29. The lowest BCUT2D eigenvalue weighted by Gasteiger charge is -2.29. The molecule has 0 atom stereocenters. The van der Waals surface area contributed by atoms with Gasteiger partial charge in [-0.3, -0.25) is 29.3 Å². The van der Waals surface area contributed by atoms with Crippen molar-refractivity contribution in [1.82, 2.24) is 10.2 Å². The number of anilines is 4. The van der Waals surface area contributed by atoms with E-state index in [9.17, 15) is 14.4 Å². The maximum absolute atomic E-state index is 14.6. The summed E-state index contributed by atoms with van der Waals surface area (Å²) in [6.07, 6.45) is 4.29. The van der Waals surface area contributed by atoms with Gasteiger partial charge in [0.05, 0.1) is 22.6 Å². The molecule has 2 aliphatic rings. The van der Waals surface area contributed by atoms with Gasteiger partial charge in [0.15, 0.2) is 0 Å². The highest BCUT2D eigenvalue weighted by atomic mass is 16.2. The van der Waals surface area contributed by atoms with Crippen LogP contribution in [0.2, 0.25) is 0 Å². The number of amides is 3. The molecule has 0 unspecified atom stereocenters. The number of para-hydroxylation sites is 4. The summed E-state index contributed by atoms with van der Waals surface area (Å²) in [7, 11) is 0. The highest BCUT2D eigenvalue weighted by Gasteiger charge is 2.38. The van der Waals surface area contributed by atoms with E-state index in [0.29, 0.717) is 29.3 Å². The molecule has 0 bridgehead atoms. The number of hydrogen-bond donors (Lipinski definition) is 1. The summed E-state index contributed by atoms with van der Waals surface area (Å²) >= 11 is 0. The Morgan fingerprint density at radius 1 is 0.844 bits per heavy atom. The van der Waals surface area contributed by atoms with Crippen LogP contribution >= 0.6 is 0 Å². The van der Waals surface area contributed by atoms with Crippen LogP contribution in [0.5, 0.6) is 0 Å². The SMILES string of the molecule is Cc1cc(C)c2c(c1)N(C(=O)CN1C(=O)/C(=C/c3n[nH]c4ccccc34)C(=O)N(c3ccccc3)c3ccccc31)CCCC2. The van der Waals surface area contributed by atoms with Gasteiger partial charge in [0.1, 0.15) is 12.1 Å². The minimum atomic E-state index is -0.554. The second kappa shape index (κ2) is 11.5. The van der Waals surface area contributed by atoms with E-state index in [1.165, 1.54) is 22.1 Å². The number of carbonyl (C=O) groups is 3. The fourth-order valence-electron chi connectivity index (χ4n) is 6.52. The van der Waals surface area contributed by atoms with E-state index in [2.05, 4.69) is 29.3 Å². The average molecular weight is 596 g/mol. The first-order valence-corrected chi connectivity index (χ1v) is 15.3. The van der Waals surface area contributed by atoms with Gasteiger partial charge in [-0.25, -0.2) is 0 Å². The molecule has 0 fully saturated rings. The number of benzene rings is 4. The van der Waals surface area contributed by atoms with Gasteiger partial charge in [-0.1, -0.05) is 54.6 Å². The zero-order valence-corrected chi connectivity index (χ0v) is 25.3. The smallest absolute Gasteiger partial charge is 0.268 e. The van der Waals surface area contributed by atoms with Crippen LogP contribution in [0.25, 0.3) is 17.0 Å². The molecule has 3 amide bonds. The number of H-pyrrole nitrogens is 1. The van der Waals surface area contributed by atoms with E-state index >= 15 is 0 Å². The van der Waals surface area contributed by atoms with Crippen molar-refractivity contribution >= 4 is 57.5 Å². The van der Waals surface area contributed by atoms with Crippen LogP contribution < -0.4 is 14.7 Å². The Morgan fingerprint density at radius 3 is 2.40 bits per heavy atom. The van der Waals surface area contributed by atoms with Crippen LogP contribution in [0, 0.1) is 13.8 Å². The predicted molar refractivity (Wildman–Crippen MR) is 178 cm³/mol. The van der Waals surface area contributed by atoms with E-state index in [1.807, 2.05) is 84.6 Å². The molecule has 0 saturated heterocycles. The summed E-state index contributed by atoms with van der Waals surface area (Å²) < 4.78 is 0. The van der Waals surface area contributed by atoms with Crippen molar-refractivity contribution in [3.8, 4) is 0 Å². The van der Waals surface area contributed by atoms with E-state index < -0.39 is 11.8 Å². The number of rotatable bonds is 4. The van der Waals surface area contributed by atoms with Crippen molar-refractivity contribution in [3.63, 3.8) is 0 Å². The maximum atomic E-state index is 14.6. The number of aromatic nitrogens is 2. The zero-order chi connectivity index (χ0) is 31.1. The van der Waals surface area contributed by atoms with Crippen molar-refractivity contribution in [2.45, 2.75) is 33.1 Å². The summed E-state index contributed by atoms with van der Waals surface area (Å²) in [4.78, 5) is 48.2. The van der Waals surface area contributed by atoms with Crippen LogP contribution in [0.1, 0.15) is 35.2 Å². The summed E-state index contributed by atoms with van der Waals surface area (Å²) in [5.41, 5.74) is 7.13. The van der Waals surface area contributed by atoms with E-state index in [4.69, 9.17) is 0 Å². The molecule has 5 aromatic rings. The Hall–Kier alpha value is -5.50. The maximum Gasteiger partial charge on any atom is 0.268 e. The Labute approximate surface area is 261 Å². The van der Waals surface area contributed by atoms with Crippen molar-refractivity contribution in [1.29, 1.82) is 0 Å². The van der Waals surface area contributed by atoms with Gasteiger partial charge in [-0.05, 0) is 92.3 Å². The standard InChI is InChI=1S/C37H33N5O3/c1-24-20-25(2)27-14-10-11-19-40(34(27)21-24)35(43)23-41-32-17-8-9-18-33(32)42(26-12-4-3-5-13-26)37(45)29(36(41)44)22-31-28-15-6-7-16-30(28)38-39-31/h3-9,12-13,15-18,20-22H,10-11,14,19,23H2,1-2H3,(H,38,39)/b29-22-. The third kappa shape index (κ3) is 5.08. The fraction of sp³-hybridized carbons (Fsp3) is 0.189. The normalized spacial score (nSPS) is 16.0. The number of carbonyl (C=O) groups excluding carboxylic acids is 3. The Bertz CT molecular complexity index is 1990. The van der Waals surface area contributed by atoms with E-state index in [1.54, 1.807) is 11.0 Å². The molecule has 7 rings (SSSR count). The van der Waals surface area contributed by atoms with Crippen LogP contribution in [0.4, 0.5) is 22.7 Å². The van der Waals surface area contributed by atoms with Crippen molar-refractivity contribution in [3.05, 3.63) is 119 Å². The summed E-state index contributed by atoms with van der Waals surface area (Å²) in [5, 5.41) is 8.20. The van der Waals surface area contributed by atoms with Gasteiger partial charge in [0.2, 0.25) is 5.91 Å². The Morgan fingerprint density at radius 2 is 1.58 bits per heavy atom. The number of aryl methyl sites for hydroxylation is 2. The van der Waals surface area contributed by atoms with E-state index in [-0.39, 0.29) is 18.0 Å². The first-order chi connectivity index (χ1) is 21.9. The van der Waals surface area contributed by atoms with Crippen LogP contribution in [-0.4, -0.2) is 41.0 Å². The Balaban J connectivity index is 1.37. The van der Waals surface area contributed by atoms with Crippen LogP contribution in [0.3, 0.4) is 0 Å². The molecule has 2 aliphatic heterocycles. The van der Waals surface area contributed by atoms with Crippen molar-refractivity contribution in [2.24, 2.45) is 0 Å². The molecule has 0 aliphatic carbocycles. The number of nitrogens with zero attached hydrogens (tertiary/aromatic N) is 4. The number of nitrogens with one attached hydrogen (secondary N) is 1. The molecule has 0 radical (unpaired) electrons. The molecule has 8 heteroatoms. The second-order valence-electron chi connectivity index (χ2n) is 11.7. The van der Waals surface area contributed by atoms with Gasteiger partial charge in [-0.15, -0.1) is 0 Å². The molecule has 0 saturated carbocycles. The quantitative estimate of drug-likeness (QED) is 0.186. The molecule has 224 valence electrons. The largest absolute Gasteiger partial charge is 0.311 e. The van der Waals surface area contributed by atoms with Crippen LogP contribution in [-0.2, 0) is 20.8 Å². The third-order valence-corrected chi connectivity index (χ3v) is 8.66. The van der Waals surface area contributed by atoms with Gasteiger partial charge >= 0.3 is 0 Å². The number of aromatic amines is 1. The van der Waals surface area contributed by atoms with Gasteiger partial charge in [0, 0.05) is 23.3 Å². The van der Waals surface area contributed by atoms with Gasteiger partial charge in [-0.2, -0.15) is 5.10 Å². The first kappa shape index (κ1) is 28.3. The molecule has 45 heavy (non-hydrogen) atoms. The molecular formula is C37H33N5O3. The molecule has 1 aromatic heterocycles. The topological polar surface area (TPSA) is 89.6 Å². The van der Waals surface area contributed by atoms with E-state index in [0.717, 1.165) is 41.4 Å².